The van der Waals surface area contributed by atoms with Gasteiger partial charge in [0, 0.05) is 37.1 Å². The van der Waals surface area contributed by atoms with E-state index in [4.69, 9.17) is 4.74 Å². The predicted molar refractivity (Wildman–Crippen MR) is 137 cm³/mol. The number of carbonyl (C=O) groups excluding carboxylic acids is 1. The average molecular weight is 553 g/mol. The van der Waals surface area contributed by atoms with Crippen LogP contribution in [0.25, 0.3) is 10.9 Å². The number of hydrogen-bond donors (Lipinski definition) is 4. The number of aliphatic imine (C=N–C) groups is 1. The minimum absolute atomic E-state index is 0. The molecule has 0 spiro atoms. The Bertz CT molecular complexity index is 1080. The van der Waals surface area contributed by atoms with Crippen LogP contribution in [0.3, 0.4) is 0 Å². The van der Waals surface area contributed by atoms with E-state index in [-0.39, 0.29) is 35.7 Å². The number of aromatic amines is 1. The van der Waals surface area contributed by atoms with Crippen LogP contribution in [-0.2, 0) is 17.8 Å². The summed E-state index contributed by atoms with van der Waals surface area (Å²) in [6.07, 6.45) is 2.68. The number of rotatable bonds is 8. The molecule has 2 aromatic carbocycles. The third-order valence-corrected chi connectivity index (χ3v) is 4.75. The molecule has 0 aliphatic heterocycles. The molecule has 3 rings (SSSR count). The Labute approximate surface area is 204 Å². The zero-order chi connectivity index (χ0) is 22.2. The summed E-state index contributed by atoms with van der Waals surface area (Å²) < 4.78 is 18.7. The van der Waals surface area contributed by atoms with Crippen molar-refractivity contribution >= 4 is 52.4 Å². The molecule has 0 saturated carbocycles. The Hall–Kier alpha value is -2.82. The molecular formula is C23H29FIN5O2. The summed E-state index contributed by atoms with van der Waals surface area (Å²) in [7, 11) is 1.57. The highest BCUT2D eigenvalue weighted by Gasteiger charge is 2.07. The summed E-state index contributed by atoms with van der Waals surface area (Å²) in [6, 6.07) is 10.4. The van der Waals surface area contributed by atoms with Gasteiger partial charge in [-0.25, -0.2) is 9.38 Å². The highest BCUT2D eigenvalue weighted by atomic mass is 127. The molecule has 9 heteroatoms. The molecule has 1 heterocycles. The zero-order valence-corrected chi connectivity index (χ0v) is 20.8. The minimum atomic E-state index is -0.249. The monoisotopic (exact) mass is 553 g/mol. The smallest absolute Gasteiger partial charge is 0.221 e. The standard InChI is InChI=1S/C23H28FN5O2.HI/c1-4-25-23(26-10-9-17-14-27-20-12-18(24)6-7-19(17)20)28-13-16-5-8-22(31-3)21(11-16)29-15(2)30;/h5-8,11-12,14,27H,4,9-10,13H2,1-3H3,(H,29,30)(H2,25,26,28);1H. The number of halogens is 2. The zero-order valence-electron chi connectivity index (χ0n) is 18.4. The van der Waals surface area contributed by atoms with Gasteiger partial charge in [0.05, 0.1) is 19.3 Å². The first-order valence-corrected chi connectivity index (χ1v) is 10.2. The van der Waals surface area contributed by atoms with E-state index in [2.05, 4.69) is 25.9 Å². The lowest BCUT2D eigenvalue weighted by atomic mass is 10.1. The van der Waals surface area contributed by atoms with Crippen molar-refractivity contribution in [3.63, 3.8) is 0 Å². The van der Waals surface area contributed by atoms with Gasteiger partial charge in [-0.2, -0.15) is 0 Å². The van der Waals surface area contributed by atoms with Gasteiger partial charge in [0.2, 0.25) is 5.91 Å². The number of fused-ring (bicyclic) bond motifs is 1. The molecule has 7 nitrogen and oxygen atoms in total. The fraction of sp³-hybridized carbons (Fsp3) is 0.304. The Kier molecular flexibility index (Phi) is 9.76. The Morgan fingerprint density at radius 3 is 2.72 bits per heavy atom. The summed E-state index contributed by atoms with van der Waals surface area (Å²) in [5, 5.41) is 10.4. The Morgan fingerprint density at radius 2 is 2.00 bits per heavy atom. The molecule has 0 atom stereocenters. The van der Waals surface area contributed by atoms with E-state index in [1.807, 2.05) is 31.3 Å². The third kappa shape index (κ3) is 6.84. The Morgan fingerprint density at radius 1 is 1.19 bits per heavy atom. The number of amides is 1. The van der Waals surface area contributed by atoms with Crippen LogP contribution in [0.5, 0.6) is 5.75 Å². The molecule has 1 amide bonds. The molecule has 0 saturated heterocycles. The van der Waals surface area contributed by atoms with E-state index in [0.717, 1.165) is 35.0 Å². The van der Waals surface area contributed by atoms with E-state index >= 15 is 0 Å². The number of benzene rings is 2. The minimum Gasteiger partial charge on any atom is -0.495 e. The van der Waals surface area contributed by atoms with Crippen LogP contribution < -0.4 is 20.7 Å². The number of aromatic nitrogens is 1. The van der Waals surface area contributed by atoms with Crippen LogP contribution in [0, 0.1) is 5.82 Å². The molecule has 0 radical (unpaired) electrons. The summed E-state index contributed by atoms with van der Waals surface area (Å²) >= 11 is 0. The van der Waals surface area contributed by atoms with E-state index in [0.29, 0.717) is 30.5 Å². The highest BCUT2D eigenvalue weighted by molar-refractivity contribution is 14.0. The van der Waals surface area contributed by atoms with Gasteiger partial charge in [-0.1, -0.05) is 6.07 Å². The van der Waals surface area contributed by atoms with Crippen LogP contribution in [0.1, 0.15) is 25.0 Å². The van der Waals surface area contributed by atoms with Gasteiger partial charge in [-0.05, 0) is 54.8 Å². The van der Waals surface area contributed by atoms with E-state index in [9.17, 15) is 9.18 Å². The van der Waals surface area contributed by atoms with E-state index in [1.165, 1.54) is 19.1 Å². The molecule has 3 aromatic rings. The first kappa shape index (κ1) is 25.4. The molecule has 32 heavy (non-hydrogen) atoms. The number of nitrogens with one attached hydrogen (secondary N) is 4. The fourth-order valence-electron chi connectivity index (χ4n) is 3.33. The predicted octanol–water partition coefficient (Wildman–Crippen LogP) is 4.19. The van der Waals surface area contributed by atoms with Crippen molar-refractivity contribution in [1.82, 2.24) is 15.6 Å². The van der Waals surface area contributed by atoms with Crippen LogP contribution in [0.4, 0.5) is 10.1 Å². The molecule has 0 bridgehead atoms. The van der Waals surface area contributed by atoms with E-state index < -0.39 is 0 Å². The second-order valence-electron chi connectivity index (χ2n) is 7.09. The van der Waals surface area contributed by atoms with Crippen molar-refractivity contribution in [2.45, 2.75) is 26.8 Å². The maximum absolute atomic E-state index is 13.4. The molecule has 4 N–H and O–H groups in total. The van der Waals surface area contributed by atoms with Gasteiger partial charge in [0.15, 0.2) is 5.96 Å². The summed E-state index contributed by atoms with van der Waals surface area (Å²) in [4.78, 5) is 19.2. The molecule has 0 fully saturated rings. The van der Waals surface area contributed by atoms with Gasteiger partial charge >= 0.3 is 0 Å². The maximum Gasteiger partial charge on any atom is 0.221 e. The first-order chi connectivity index (χ1) is 15.0. The molecular weight excluding hydrogens is 524 g/mol. The number of H-pyrrole nitrogens is 1. The molecule has 1 aromatic heterocycles. The van der Waals surface area contributed by atoms with Crippen molar-refractivity contribution in [1.29, 1.82) is 0 Å². The van der Waals surface area contributed by atoms with Crippen molar-refractivity contribution in [2.24, 2.45) is 4.99 Å². The molecule has 0 unspecified atom stereocenters. The highest BCUT2D eigenvalue weighted by Crippen LogP contribution is 2.25. The summed E-state index contributed by atoms with van der Waals surface area (Å²) in [5.74, 6) is 0.895. The largest absolute Gasteiger partial charge is 0.495 e. The lowest BCUT2D eigenvalue weighted by Crippen LogP contribution is -2.38. The van der Waals surface area contributed by atoms with Crippen molar-refractivity contribution < 1.29 is 13.9 Å². The lowest BCUT2D eigenvalue weighted by molar-refractivity contribution is -0.114. The second-order valence-corrected chi connectivity index (χ2v) is 7.09. The average Bonchev–Trinajstić information content (AvgIpc) is 3.13. The maximum atomic E-state index is 13.4. The van der Waals surface area contributed by atoms with Gasteiger partial charge in [-0.3, -0.25) is 4.79 Å². The lowest BCUT2D eigenvalue weighted by Gasteiger charge is -2.12. The number of methoxy groups -OCH3 is 1. The summed E-state index contributed by atoms with van der Waals surface area (Å²) in [5.41, 5.74) is 3.48. The van der Waals surface area contributed by atoms with Crippen LogP contribution in [0.2, 0.25) is 0 Å². The van der Waals surface area contributed by atoms with Gasteiger partial charge in [0.25, 0.3) is 0 Å². The fourth-order valence-corrected chi connectivity index (χ4v) is 3.33. The molecule has 0 aliphatic rings. The van der Waals surface area contributed by atoms with Gasteiger partial charge in [-0.15, -0.1) is 24.0 Å². The van der Waals surface area contributed by atoms with Crippen LogP contribution >= 0.6 is 24.0 Å². The number of hydrogen-bond acceptors (Lipinski definition) is 3. The number of ether oxygens (including phenoxy) is 1. The normalized spacial score (nSPS) is 11.1. The first-order valence-electron chi connectivity index (χ1n) is 10.2. The molecule has 172 valence electrons. The van der Waals surface area contributed by atoms with Gasteiger partial charge < -0.3 is 25.7 Å². The second kappa shape index (κ2) is 12.3. The number of guanidine groups is 1. The van der Waals surface area contributed by atoms with Crippen molar-refractivity contribution in [3.05, 3.63) is 59.5 Å². The van der Waals surface area contributed by atoms with Crippen molar-refractivity contribution in [3.8, 4) is 5.75 Å². The van der Waals surface area contributed by atoms with Crippen LogP contribution in [0.15, 0.2) is 47.6 Å². The Balaban J connectivity index is 0.00000363. The number of anilines is 1. The number of nitrogens with zero attached hydrogens (tertiary/aromatic N) is 1. The van der Waals surface area contributed by atoms with Crippen LogP contribution in [-0.4, -0.2) is 37.1 Å². The van der Waals surface area contributed by atoms with Crippen molar-refractivity contribution in [2.75, 3.05) is 25.5 Å². The van der Waals surface area contributed by atoms with Gasteiger partial charge in [0.1, 0.15) is 11.6 Å². The molecule has 0 aliphatic carbocycles. The van der Waals surface area contributed by atoms with E-state index in [1.54, 1.807) is 13.2 Å². The third-order valence-electron chi connectivity index (χ3n) is 4.75. The topological polar surface area (TPSA) is 90.5 Å². The number of carbonyl (C=O) groups is 1. The summed E-state index contributed by atoms with van der Waals surface area (Å²) in [6.45, 7) is 5.32. The quantitative estimate of drug-likeness (QED) is 0.191. The SMILES string of the molecule is CCNC(=NCc1ccc(OC)c(NC(C)=O)c1)NCCc1c[nH]c2cc(F)ccc12.I.